The van der Waals surface area contributed by atoms with Crippen LogP contribution in [0.1, 0.15) is 12.0 Å². The van der Waals surface area contributed by atoms with E-state index in [-0.39, 0.29) is 24.4 Å². The van der Waals surface area contributed by atoms with Crippen molar-refractivity contribution in [3.8, 4) is 0 Å². The van der Waals surface area contributed by atoms with Gasteiger partial charge in [0.25, 0.3) is 0 Å². The maximum Gasteiger partial charge on any atom is 0.246 e. The molecule has 0 saturated carbocycles. The molecule has 0 aromatic heterocycles. The third kappa shape index (κ3) is 4.67. The number of likely N-dealkylation sites (tertiary alicyclic amines) is 1. The van der Waals surface area contributed by atoms with Crippen molar-refractivity contribution in [3.63, 3.8) is 0 Å². The number of carbonyl (C=O) groups excluding carboxylic acids is 1. The Hall–Kier alpha value is -1.36. The zero-order valence-corrected chi connectivity index (χ0v) is 11.4. The number of rotatable bonds is 2. The molecule has 3 N–H and O–H groups in total. The van der Waals surface area contributed by atoms with Gasteiger partial charge in [0.15, 0.2) is 0 Å². The lowest BCUT2D eigenvalue weighted by molar-refractivity contribution is -0.129. The van der Waals surface area contributed by atoms with E-state index in [1.165, 1.54) is 6.08 Å². The first kappa shape index (κ1) is 15.7. The predicted molar refractivity (Wildman–Crippen MR) is 77.9 cm³/mol. The predicted octanol–water partition coefficient (Wildman–Crippen LogP) is 1.04. The first-order valence-corrected chi connectivity index (χ1v) is 6.11. The van der Waals surface area contributed by atoms with E-state index in [0.29, 0.717) is 19.5 Å². The molecule has 5 heteroatoms. The van der Waals surface area contributed by atoms with Crippen molar-refractivity contribution < 1.29 is 9.90 Å². The fraction of sp³-hybridized carbons (Fsp3) is 0.357. The number of benzene rings is 1. The Labute approximate surface area is 119 Å². The standard InChI is InChI=1S/C14H18N2O2.ClH/c15-12-8-13(17)10-16(9-12)14(18)7-6-11-4-2-1-3-5-11;/h1-7,12-13,17H,8-10,15H2;1H/t12-,13+;/m0./s1. The van der Waals surface area contributed by atoms with Crippen LogP contribution in [0, 0.1) is 0 Å². The molecule has 0 unspecified atom stereocenters. The number of hydrogen-bond acceptors (Lipinski definition) is 3. The van der Waals surface area contributed by atoms with Crippen LogP contribution in [-0.2, 0) is 4.79 Å². The first-order valence-electron chi connectivity index (χ1n) is 6.11. The Morgan fingerprint density at radius 1 is 1.32 bits per heavy atom. The maximum atomic E-state index is 11.9. The van der Waals surface area contributed by atoms with Crippen LogP contribution in [0.15, 0.2) is 36.4 Å². The lowest BCUT2D eigenvalue weighted by atomic mass is 10.0. The second kappa shape index (κ2) is 7.28. The van der Waals surface area contributed by atoms with E-state index in [1.54, 1.807) is 11.0 Å². The highest BCUT2D eigenvalue weighted by Crippen LogP contribution is 2.10. The largest absolute Gasteiger partial charge is 0.391 e. The van der Waals surface area contributed by atoms with Gasteiger partial charge in [0.2, 0.25) is 5.91 Å². The molecule has 1 aromatic carbocycles. The van der Waals surface area contributed by atoms with Crippen LogP contribution in [0.2, 0.25) is 0 Å². The Morgan fingerprint density at radius 3 is 2.63 bits per heavy atom. The van der Waals surface area contributed by atoms with Gasteiger partial charge in [-0.1, -0.05) is 30.3 Å². The van der Waals surface area contributed by atoms with Gasteiger partial charge in [-0.25, -0.2) is 0 Å². The normalized spacial score (nSPS) is 23.2. The second-order valence-corrected chi connectivity index (χ2v) is 4.64. The van der Waals surface area contributed by atoms with Crippen LogP contribution < -0.4 is 5.73 Å². The van der Waals surface area contributed by atoms with Gasteiger partial charge in [-0.05, 0) is 18.1 Å². The fourth-order valence-corrected chi connectivity index (χ4v) is 2.13. The summed E-state index contributed by atoms with van der Waals surface area (Å²) in [6.07, 6.45) is 3.35. The molecule has 0 aliphatic carbocycles. The highest BCUT2D eigenvalue weighted by molar-refractivity contribution is 5.91. The summed E-state index contributed by atoms with van der Waals surface area (Å²) in [5, 5.41) is 9.59. The van der Waals surface area contributed by atoms with Crippen LogP contribution in [0.25, 0.3) is 6.08 Å². The topological polar surface area (TPSA) is 66.6 Å². The molecule has 4 nitrogen and oxygen atoms in total. The van der Waals surface area contributed by atoms with Gasteiger partial charge in [0.05, 0.1) is 6.10 Å². The minimum atomic E-state index is -0.511. The van der Waals surface area contributed by atoms with Gasteiger partial charge in [-0.3, -0.25) is 4.79 Å². The molecule has 1 aliphatic heterocycles. The third-order valence-electron chi connectivity index (χ3n) is 2.99. The lowest BCUT2D eigenvalue weighted by Crippen LogP contribution is -2.50. The molecular weight excluding hydrogens is 264 g/mol. The zero-order chi connectivity index (χ0) is 13.0. The Bertz CT molecular complexity index is 426. The highest BCUT2D eigenvalue weighted by atomic mass is 35.5. The summed E-state index contributed by atoms with van der Waals surface area (Å²) < 4.78 is 0. The van der Waals surface area contributed by atoms with Gasteiger partial charge in [0.1, 0.15) is 0 Å². The second-order valence-electron chi connectivity index (χ2n) is 4.64. The molecule has 104 valence electrons. The molecule has 2 rings (SSSR count). The van der Waals surface area contributed by atoms with E-state index in [2.05, 4.69) is 0 Å². The van der Waals surface area contributed by atoms with Crippen molar-refractivity contribution in [3.05, 3.63) is 42.0 Å². The monoisotopic (exact) mass is 282 g/mol. The summed E-state index contributed by atoms with van der Waals surface area (Å²) in [4.78, 5) is 13.5. The molecule has 2 atom stereocenters. The van der Waals surface area contributed by atoms with Crippen LogP contribution >= 0.6 is 12.4 Å². The van der Waals surface area contributed by atoms with Crippen molar-refractivity contribution in [2.75, 3.05) is 13.1 Å². The zero-order valence-electron chi connectivity index (χ0n) is 10.6. The molecular formula is C14H19ClN2O2. The Balaban J connectivity index is 0.00000180. The molecule has 1 saturated heterocycles. The van der Waals surface area contributed by atoms with Crippen LogP contribution in [0.4, 0.5) is 0 Å². The summed E-state index contributed by atoms with van der Waals surface area (Å²) in [6, 6.07) is 9.50. The summed E-state index contributed by atoms with van der Waals surface area (Å²) in [5.74, 6) is -0.104. The quantitative estimate of drug-likeness (QED) is 0.797. The Morgan fingerprint density at radius 2 is 2.00 bits per heavy atom. The van der Waals surface area contributed by atoms with Crippen molar-refractivity contribution in [2.45, 2.75) is 18.6 Å². The summed E-state index contributed by atoms with van der Waals surface area (Å²) >= 11 is 0. The molecule has 0 bridgehead atoms. The molecule has 0 radical (unpaired) electrons. The van der Waals surface area contributed by atoms with Gasteiger partial charge >= 0.3 is 0 Å². The van der Waals surface area contributed by atoms with E-state index in [0.717, 1.165) is 5.56 Å². The number of β-amino-alcohol motifs (C(OH)–C–C–N with tert-alkyl or cyclic N) is 1. The number of piperidine rings is 1. The fourth-order valence-electron chi connectivity index (χ4n) is 2.13. The van der Waals surface area contributed by atoms with Gasteiger partial charge < -0.3 is 15.7 Å². The minimum Gasteiger partial charge on any atom is -0.391 e. The van der Waals surface area contributed by atoms with E-state index < -0.39 is 6.10 Å². The number of hydrogen-bond donors (Lipinski definition) is 2. The summed E-state index contributed by atoms with van der Waals surface area (Å²) in [7, 11) is 0. The molecule has 1 fully saturated rings. The molecule has 1 aliphatic rings. The van der Waals surface area contributed by atoms with Crippen LogP contribution in [0.3, 0.4) is 0 Å². The number of carbonyl (C=O) groups is 1. The van der Waals surface area contributed by atoms with Gasteiger partial charge in [-0.2, -0.15) is 0 Å². The van der Waals surface area contributed by atoms with Gasteiger partial charge in [-0.15, -0.1) is 12.4 Å². The van der Waals surface area contributed by atoms with Crippen molar-refractivity contribution in [2.24, 2.45) is 5.73 Å². The Kier molecular flexibility index (Phi) is 6.02. The summed E-state index contributed by atoms with van der Waals surface area (Å²) in [6.45, 7) is 0.876. The number of nitrogens with zero attached hydrogens (tertiary/aromatic N) is 1. The number of halogens is 1. The molecule has 0 spiro atoms. The van der Waals surface area contributed by atoms with E-state index in [9.17, 15) is 9.90 Å². The average molecular weight is 283 g/mol. The van der Waals surface area contributed by atoms with Crippen molar-refractivity contribution in [1.82, 2.24) is 4.90 Å². The number of nitrogens with two attached hydrogens (primary N) is 1. The molecule has 1 aromatic rings. The van der Waals surface area contributed by atoms with Crippen LogP contribution in [0.5, 0.6) is 0 Å². The smallest absolute Gasteiger partial charge is 0.246 e. The van der Waals surface area contributed by atoms with E-state index >= 15 is 0 Å². The third-order valence-corrected chi connectivity index (χ3v) is 2.99. The molecule has 19 heavy (non-hydrogen) atoms. The first-order chi connectivity index (χ1) is 8.65. The highest BCUT2D eigenvalue weighted by Gasteiger charge is 2.25. The number of aliphatic hydroxyl groups excluding tert-OH is 1. The van der Waals surface area contributed by atoms with Gasteiger partial charge in [0, 0.05) is 25.2 Å². The lowest BCUT2D eigenvalue weighted by Gasteiger charge is -2.33. The SMILES string of the molecule is Cl.N[C@H]1C[C@@H](O)CN(C(=O)C=Cc2ccccc2)C1. The molecule has 1 amide bonds. The summed E-state index contributed by atoms with van der Waals surface area (Å²) in [5.41, 5.74) is 6.76. The van der Waals surface area contributed by atoms with Crippen molar-refractivity contribution >= 4 is 24.4 Å². The molecule has 1 heterocycles. The van der Waals surface area contributed by atoms with Crippen molar-refractivity contribution in [1.29, 1.82) is 0 Å². The van der Waals surface area contributed by atoms with E-state index in [1.807, 2.05) is 30.3 Å². The maximum absolute atomic E-state index is 11.9. The van der Waals surface area contributed by atoms with Crippen LogP contribution in [-0.4, -0.2) is 41.1 Å². The minimum absolute atomic E-state index is 0. The average Bonchev–Trinajstić information content (AvgIpc) is 2.36. The number of aliphatic hydroxyl groups is 1. The van der Waals surface area contributed by atoms with E-state index in [4.69, 9.17) is 5.73 Å². The number of amides is 1.